The minimum Gasteiger partial charge on any atom is -0.503 e. The van der Waals surface area contributed by atoms with Crippen molar-refractivity contribution in [3.05, 3.63) is 18.3 Å². The minimum absolute atomic E-state index is 0.0329. The van der Waals surface area contributed by atoms with E-state index in [0.717, 1.165) is 0 Å². The molecule has 0 atom stereocenters. The Morgan fingerprint density at radius 2 is 2.00 bits per heavy atom. The van der Waals surface area contributed by atoms with Crippen LogP contribution in [0.25, 0.3) is 11.1 Å². The first-order valence-corrected chi connectivity index (χ1v) is 4.42. The molecule has 0 radical (unpaired) electrons. The number of nitrogens with zero attached hydrogens (tertiary/aromatic N) is 2. The summed E-state index contributed by atoms with van der Waals surface area (Å²) in [7, 11) is 0. The summed E-state index contributed by atoms with van der Waals surface area (Å²) in [6, 6.07) is 0. The molecule has 2 aromatic rings. The zero-order valence-corrected chi connectivity index (χ0v) is 8.40. The van der Waals surface area contributed by atoms with Gasteiger partial charge in [0, 0.05) is 5.41 Å². The number of oxazole rings is 1. The van der Waals surface area contributed by atoms with Crippen LogP contribution in [0.4, 0.5) is 0 Å². The van der Waals surface area contributed by atoms with Crippen molar-refractivity contribution in [2.75, 3.05) is 0 Å². The third-order valence-electron chi connectivity index (χ3n) is 1.92. The van der Waals surface area contributed by atoms with Crippen molar-refractivity contribution >= 4 is 11.1 Å². The molecule has 0 spiro atoms. The third-order valence-corrected chi connectivity index (χ3v) is 1.92. The molecule has 0 fully saturated rings. The van der Waals surface area contributed by atoms with E-state index in [1.807, 2.05) is 20.8 Å². The van der Waals surface area contributed by atoms with Crippen LogP contribution in [0.2, 0.25) is 0 Å². The first-order chi connectivity index (χ1) is 6.48. The molecule has 0 saturated heterocycles. The average Bonchev–Trinajstić information content (AvgIpc) is 2.48. The van der Waals surface area contributed by atoms with Crippen LogP contribution in [-0.2, 0) is 5.41 Å². The maximum atomic E-state index is 9.45. The van der Waals surface area contributed by atoms with Crippen molar-refractivity contribution in [3.8, 4) is 5.75 Å². The van der Waals surface area contributed by atoms with E-state index in [4.69, 9.17) is 4.42 Å². The molecule has 1 N–H and O–H groups in total. The second-order valence-electron chi connectivity index (χ2n) is 4.28. The molecule has 2 rings (SSSR count). The van der Waals surface area contributed by atoms with Crippen LogP contribution in [0, 0.1) is 0 Å². The van der Waals surface area contributed by atoms with E-state index in [1.165, 1.54) is 6.20 Å². The number of aromatic hydroxyl groups is 1. The van der Waals surface area contributed by atoms with Gasteiger partial charge >= 0.3 is 0 Å². The van der Waals surface area contributed by atoms with Crippen LogP contribution in [0.3, 0.4) is 0 Å². The summed E-state index contributed by atoms with van der Waals surface area (Å²) < 4.78 is 5.46. The van der Waals surface area contributed by atoms with Gasteiger partial charge < -0.3 is 9.52 Å². The number of aromatic nitrogens is 2. The molecule has 0 aliphatic rings. The maximum absolute atomic E-state index is 9.45. The van der Waals surface area contributed by atoms with Gasteiger partial charge in [-0.15, -0.1) is 0 Å². The largest absolute Gasteiger partial charge is 0.503 e. The summed E-state index contributed by atoms with van der Waals surface area (Å²) in [4.78, 5) is 8.09. The fourth-order valence-corrected chi connectivity index (χ4v) is 1.16. The Hall–Kier alpha value is -1.58. The van der Waals surface area contributed by atoms with Gasteiger partial charge in [-0.25, -0.2) is 4.98 Å². The van der Waals surface area contributed by atoms with Crippen molar-refractivity contribution in [1.82, 2.24) is 9.97 Å². The average molecular weight is 192 g/mol. The molecule has 0 aliphatic carbocycles. The lowest BCUT2D eigenvalue weighted by Crippen LogP contribution is -2.10. The van der Waals surface area contributed by atoms with E-state index in [9.17, 15) is 5.11 Å². The van der Waals surface area contributed by atoms with E-state index in [2.05, 4.69) is 9.97 Å². The molecule has 2 heterocycles. The van der Waals surface area contributed by atoms with Gasteiger partial charge in [-0.1, -0.05) is 20.8 Å². The summed E-state index contributed by atoms with van der Waals surface area (Å²) in [5.41, 5.74) is 0.839. The Kier molecular flexibility index (Phi) is 1.74. The zero-order chi connectivity index (χ0) is 10.3. The number of fused-ring (bicyclic) bond motifs is 1. The number of rotatable bonds is 0. The molecule has 0 aromatic carbocycles. The maximum Gasteiger partial charge on any atom is 0.201 e. The summed E-state index contributed by atoms with van der Waals surface area (Å²) in [6.45, 7) is 6.01. The molecule has 14 heavy (non-hydrogen) atoms. The summed E-state index contributed by atoms with van der Waals surface area (Å²) >= 11 is 0. The van der Waals surface area contributed by atoms with Crippen LogP contribution in [-0.4, -0.2) is 15.1 Å². The molecule has 0 aliphatic heterocycles. The highest BCUT2D eigenvalue weighted by atomic mass is 16.4. The van der Waals surface area contributed by atoms with Crippen LogP contribution in [0.15, 0.2) is 16.8 Å². The lowest BCUT2D eigenvalue weighted by molar-refractivity contribution is 0.398. The Bertz CT molecular complexity index is 468. The van der Waals surface area contributed by atoms with Gasteiger partial charge in [0.1, 0.15) is 5.52 Å². The summed E-state index contributed by atoms with van der Waals surface area (Å²) in [5.74, 6) is 0.640. The van der Waals surface area contributed by atoms with E-state index in [1.54, 1.807) is 6.20 Å². The molecular formula is C10H12N2O2. The van der Waals surface area contributed by atoms with Crippen LogP contribution < -0.4 is 0 Å². The molecule has 4 heteroatoms. The standard InChI is InChI=1S/C10H12N2O2/c1-10(2,3)9-12-6-4-11-5-7(13)8(6)14-9/h4-5,13H,1-3H3. The predicted octanol–water partition coefficient (Wildman–Crippen LogP) is 2.23. The van der Waals surface area contributed by atoms with E-state index in [-0.39, 0.29) is 11.2 Å². The molecule has 0 bridgehead atoms. The van der Waals surface area contributed by atoms with Gasteiger partial charge in [-0.05, 0) is 0 Å². The molecule has 0 saturated carbocycles. The summed E-state index contributed by atoms with van der Waals surface area (Å²) in [6.07, 6.45) is 2.92. The molecule has 4 nitrogen and oxygen atoms in total. The molecular weight excluding hydrogens is 180 g/mol. The van der Waals surface area contributed by atoms with Gasteiger partial charge in [0.05, 0.1) is 12.4 Å². The van der Waals surface area contributed by atoms with Crippen LogP contribution >= 0.6 is 0 Å². The molecule has 0 unspecified atom stereocenters. The Morgan fingerprint density at radius 1 is 1.29 bits per heavy atom. The highest BCUT2D eigenvalue weighted by molar-refractivity contribution is 5.77. The minimum atomic E-state index is -0.161. The van der Waals surface area contributed by atoms with Crippen molar-refractivity contribution < 1.29 is 9.52 Å². The van der Waals surface area contributed by atoms with E-state index < -0.39 is 0 Å². The smallest absolute Gasteiger partial charge is 0.201 e. The van der Waals surface area contributed by atoms with Crippen LogP contribution in [0.5, 0.6) is 5.75 Å². The predicted molar refractivity (Wildman–Crippen MR) is 52.2 cm³/mol. The van der Waals surface area contributed by atoms with Crippen molar-refractivity contribution in [3.63, 3.8) is 0 Å². The normalized spacial score (nSPS) is 12.2. The number of pyridine rings is 1. The Labute approximate surface area is 81.6 Å². The van der Waals surface area contributed by atoms with Gasteiger partial charge in [0.25, 0.3) is 0 Å². The monoisotopic (exact) mass is 192 g/mol. The fraction of sp³-hybridized carbons (Fsp3) is 0.400. The third kappa shape index (κ3) is 1.32. The van der Waals surface area contributed by atoms with Crippen molar-refractivity contribution in [2.24, 2.45) is 0 Å². The summed E-state index contributed by atoms with van der Waals surface area (Å²) in [5, 5.41) is 9.45. The lowest BCUT2D eigenvalue weighted by Gasteiger charge is -2.11. The molecule has 2 aromatic heterocycles. The van der Waals surface area contributed by atoms with Crippen molar-refractivity contribution in [2.45, 2.75) is 26.2 Å². The van der Waals surface area contributed by atoms with Gasteiger partial charge in [0.15, 0.2) is 11.3 Å². The van der Waals surface area contributed by atoms with E-state index in [0.29, 0.717) is 17.0 Å². The van der Waals surface area contributed by atoms with Gasteiger partial charge in [0.2, 0.25) is 5.89 Å². The SMILES string of the molecule is CC(C)(C)c1nc2cncc(O)c2o1. The topological polar surface area (TPSA) is 59.2 Å². The first-order valence-electron chi connectivity index (χ1n) is 4.42. The number of hydrogen-bond donors (Lipinski definition) is 1. The number of hydrogen-bond acceptors (Lipinski definition) is 4. The van der Waals surface area contributed by atoms with Crippen LogP contribution in [0.1, 0.15) is 26.7 Å². The second-order valence-corrected chi connectivity index (χ2v) is 4.28. The van der Waals surface area contributed by atoms with Gasteiger partial charge in [-0.3, -0.25) is 4.98 Å². The lowest BCUT2D eigenvalue weighted by atomic mass is 9.97. The Morgan fingerprint density at radius 3 is 2.57 bits per heavy atom. The van der Waals surface area contributed by atoms with Gasteiger partial charge in [-0.2, -0.15) is 0 Å². The second kappa shape index (κ2) is 2.70. The highest BCUT2D eigenvalue weighted by Gasteiger charge is 2.21. The quantitative estimate of drug-likeness (QED) is 0.695. The zero-order valence-electron chi connectivity index (χ0n) is 8.40. The molecule has 0 amide bonds. The van der Waals surface area contributed by atoms with E-state index >= 15 is 0 Å². The van der Waals surface area contributed by atoms with Crippen molar-refractivity contribution in [1.29, 1.82) is 0 Å². The Balaban J connectivity index is 2.69. The first kappa shape index (κ1) is 8.99. The molecule has 74 valence electrons. The fourth-order valence-electron chi connectivity index (χ4n) is 1.16. The highest BCUT2D eigenvalue weighted by Crippen LogP contribution is 2.29.